The normalized spacial score (nSPS) is 37.0. The number of piperidine rings is 1. The molecule has 3 unspecified atom stereocenters. The van der Waals surface area contributed by atoms with Crippen LogP contribution in [0.2, 0.25) is 0 Å². The van der Waals surface area contributed by atoms with E-state index in [-0.39, 0.29) is 11.3 Å². The summed E-state index contributed by atoms with van der Waals surface area (Å²) in [4.78, 5) is 12.3. The Balaban J connectivity index is 1.96. The zero-order valence-corrected chi connectivity index (χ0v) is 7.29. The molecule has 5 heteroatoms. The molecule has 1 saturated carbocycles. The molecule has 1 heterocycles. The third kappa shape index (κ3) is 1.12. The standard InChI is InChI=1S/C7H9N3OS/c8-3-10-2-5(9-7(11)12)4-1-6(4)10/h4-6H,1-2H2,(H2,9,11,12). The fourth-order valence-electron chi connectivity index (χ4n) is 1.90. The summed E-state index contributed by atoms with van der Waals surface area (Å²) in [6, 6.07) is 0.528. The molecule has 1 aliphatic carbocycles. The second kappa shape index (κ2) is 2.56. The lowest BCUT2D eigenvalue weighted by molar-refractivity contribution is 0.256. The number of nitrogens with zero attached hydrogens (tertiary/aromatic N) is 2. The zero-order chi connectivity index (χ0) is 8.72. The van der Waals surface area contributed by atoms with Crippen LogP contribution in [0.4, 0.5) is 4.79 Å². The second-order valence-electron chi connectivity index (χ2n) is 3.28. The van der Waals surface area contributed by atoms with Crippen LogP contribution < -0.4 is 5.32 Å². The van der Waals surface area contributed by atoms with Gasteiger partial charge >= 0.3 is 0 Å². The Bertz CT molecular complexity index is 262. The number of hydrogen-bond donors (Lipinski definition) is 2. The molecule has 64 valence electrons. The van der Waals surface area contributed by atoms with Crippen LogP contribution in [0.1, 0.15) is 6.42 Å². The summed E-state index contributed by atoms with van der Waals surface area (Å²) < 4.78 is 0. The highest BCUT2D eigenvalue weighted by atomic mass is 32.1. The van der Waals surface area contributed by atoms with Gasteiger partial charge in [-0.1, -0.05) is 12.6 Å². The van der Waals surface area contributed by atoms with Crippen molar-refractivity contribution in [2.75, 3.05) is 6.54 Å². The average molecular weight is 183 g/mol. The summed E-state index contributed by atoms with van der Waals surface area (Å²) in [5.74, 6) is 0.487. The molecule has 2 aliphatic rings. The van der Waals surface area contributed by atoms with Crippen molar-refractivity contribution in [2.24, 2.45) is 5.92 Å². The number of fused-ring (bicyclic) bond motifs is 1. The van der Waals surface area contributed by atoms with E-state index in [0.717, 1.165) is 6.42 Å². The summed E-state index contributed by atoms with van der Waals surface area (Å²) in [6.45, 7) is 0.651. The summed E-state index contributed by atoms with van der Waals surface area (Å²) in [5.41, 5.74) is 0. The molecule has 2 fully saturated rings. The highest BCUT2D eigenvalue weighted by Gasteiger charge is 2.53. The number of amides is 1. The number of hydrogen-bond acceptors (Lipinski definition) is 3. The van der Waals surface area contributed by atoms with Crippen LogP contribution in [0, 0.1) is 17.4 Å². The minimum absolute atomic E-state index is 0.139. The lowest BCUT2D eigenvalue weighted by atomic mass is 10.2. The van der Waals surface area contributed by atoms with Crippen molar-refractivity contribution < 1.29 is 4.79 Å². The van der Waals surface area contributed by atoms with Gasteiger partial charge in [0.2, 0.25) is 0 Å². The van der Waals surface area contributed by atoms with Crippen molar-refractivity contribution in [3.63, 3.8) is 0 Å². The number of likely N-dealkylation sites (tertiary alicyclic amines) is 1. The number of rotatable bonds is 1. The maximum atomic E-state index is 10.6. The molecule has 0 spiro atoms. The Morgan fingerprint density at radius 3 is 3.00 bits per heavy atom. The summed E-state index contributed by atoms with van der Waals surface area (Å²) in [5, 5.41) is 11.1. The molecule has 0 aromatic carbocycles. The summed E-state index contributed by atoms with van der Waals surface area (Å²) in [7, 11) is 0. The molecule has 0 aromatic rings. The van der Waals surface area contributed by atoms with E-state index in [2.05, 4.69) is 24.1 Å². The van der Waals surface area contributed by atoms with Crippen LogP contribution in [0.15, 0.2) is 0 Å². The van der Waals surface area contributed by atoms with Gasteiger partial charge in [-0.2, -0.15) is 5.26 Å². The first kappa shape index (κ1) is 7.74. The summed E-state index contributed by atoms with van der Waals surface area (Å²) in [6.07, 6.45) is 3.15. The Morgan fingerprint density at radius 2 is 2.50 bits per heavy atom. The average Bonchev–Trinajstić information content (AvgIpc) is 2.71. The molecular formula is C7H9N3OS. The first-order valence-electron chi connectivity index (χ1n) is 3.88. The fourth-order valence-corrected chi connectivity index (χ4v) is 2.07. The Kier molecular flexibility index (Phi) is 1.65. The Hall–Kier alpha value is -0.890. The van der Waals surface area contributed by atoms with Crippen molar-refractivity contribution >= 4 is 17.9 Å². The second-order valence-corrected chi connectivity index (χ2v) is 3.68. The maximum Gasteiger partial charge on any atom is 0.276 e. The van der Waals surface area contributed by atoms with Crippen LogP contribution in [-0.4, -0.2) is 28.8 Å². The topological polar surface area (TPSA) is 56.1 Å². The Morgan fingerprint density at radius 1 is 1.75 bits per heavy atom. The molecule has 12 heavy (non-hydrogen) atoms. The van der Waals surface area contributed by atoms with E-state index in [1.54, 1.807) is 4.90 Å². The molecular weight excluding hydrogens is 174 g/mol. The van der Waals surface area contributed by atoms with Crippen molar-refractivity contribution in [2.45, 2.75) is 18.5 Å². The molecule has 2 rings (SSSR count). The molecule has 1 aliphatic heterocycles. The lowest BCUT2D eigenvalue weighted by Gasteiger charge is -2.14. The van der Waals surface area contributed by atoms with Crippen molar-refractivity contribution in [3.8, 4) is 6.19 Å². The van der Waals surface area contributed by atoms with E-state index in [9.17, 15) is 4.79 Å². The molecule has 1 amide bonds. The van der Waals surface area contributed by atoms with E-state index in [4.69, 9.17) is 5.26 Å². The number of carbonyl (C=O) groups excluding carboxylic acids is 1. The highest BCUT2D eigenvalue weighted by Crippen LogP contribution is 2.44. The largest absolute Gasteiger partial charge is 0.342 e. The van der Waals surface area contributed by atoms with Crippen LogP contribution in [0.5, 0.6) is 0 Å². The van der Waals surface area contributed by atoms with Crippen LogP contribution in [-0.2, 0) is 0 Å². The third-order valence-electron chi connectivity index (χ3n) is 2.55. The first-order chi connectivity index (χ1) is 5.72. The third-order valence-corrected chi connectivity index (χ3v) is 2.68. The molecule has 0 aromatic heterocycles. The first-order valence-corrected chi connectivity index (χ1v) is 4.33. The van der Waals surface area contributed by atoms with E-state index >= 15 is 0 Å². The maximum absolute atomic E-state index is 10.6. The highest BCUT2D eigenvalue weighted by molar-refractivity contribution is 7.96. The van der Waals surface area contributed by atoms with Crippen LogP contribution >= 0.6 is 12.6 Å². The lowest BCUT2D eigenvalue weighted by Crippen LogP contribution is -2.36. The number of thiol groups is 1. The van der Waals surface area contributed by atoms with Crippen LogP contribution in [0.3, 0.4) is 0 Å². The van der Waals surface area contributed by atoms with Gasteiger partial charge < -0.3 is 10.2 Å². The molecule has 0 radical (unpaired) electrons. The molecule has 0 bridgehead atoms. The van der Waals surface area contributed by atoms with Crippen molar-refractivity contribution in [1.82, 2.24) is 10.2 Å². The summed E-state index contributed by atoms with van der Waals surface area (Å²) >= 11 is 3.64. The monoisotopic (exact) mass is 183 g/mol. The quantitative estimate of drug-likeness (QED) is 0.450. The molecule has 4 nitrogen and oxygen atoms in total. The number of nitrogens with one attached hydrogen (secondary N) is 1. The fraction of sp³-hybridized carbons (Fsp3) is 0.714. The molecule has 1 saturated heterocycles. The van der Waals surface area contributed by atoms with Gasteiger partial charge in [-0.15, -0.1) is 0 Å². The molecule has 1 N–H and O–H groups in total. The van der Waals surface area contributed by atoms with Gasteiger partial charge in [-0.25, -0.2) is 0 Å². The van der Waals surface area contributed by atoms with Gasteiger partial charge in [0.05, 0.1) is 6.04 Å². The van der Waals surface area contributed by atoms with Crippen molar-refractivity contribution in [3.05, 3.63) is 0 Å². The predicted octanol–water partition coefficient (Wildman–Crippen LogP) is 0.180. The van der Waals surface area contributed by atoms with E-state index in [0.29, 0.717) is 18.5 Å². The molecule has 3 atom stereocenters. The van der Waals surface area contributed by atoms with E-state index in [1.807, 2.05) is 0 Å². The van der Waals surface area contributed by atoms with Crippen LogP contribution in [0.25, 0.3) is 0 Å². The smallest absolute Gasteiger partial charge is 0.276 e. The number of carbonyl (C=O) groups is 1. The Labute approximate surface area is 75.9 Å². The van der Waals surface area contributed by atoms with Gasteiger partial charge in [0.15, 0.2) is 6.19 Å². The van der Waals surface area contributed by atoms with E-state index in [1.165, 1.54) is 0 Å². The predicted molar refractivity (Wildman–Crippen MR) is 45.5 cm³/mol. The van der Waals surface area contributed by atoms with Gasteiger partial charge in [-0.3, -0.25) is 4.79 Å². The minimum Gasteiger partial charge on any atom is -0.342 e. The van der Waals surface area contributed by atoms with Gasteiger partial charge in [0.1, 0.15) is 0 Å². The SMILES string of the molecule is N#CN1CC(NC(=O)S)C2CC21. The number of nitriles is 1. The van der Waals surface area contributed by atoms with E-state index < -0.39 is 0 Å². The van der Waals surface area contributed by atoms with Gasteiger partial charge in [-0.05, 0) is 6.42 Å². The van der Waals surface area contributed by atoms with Gasteiger partial charge in [0.25, 0.3) is 5.24 Å². The van der Waals surface area contributed by atoms with Crippen molar-refractivity contribution in [1.29, 1.82) is 5.26 Å². The zero-order valence-electron chi connectivity index (χ0n) is 6.40. The van der Waals surface area contributed by atoms with Gasteiger partial charge in [0, 0.05) is 18.5 Å². The minimum atomic E-state index is -0.301.